The summed E-state index contributed by atoms with van der Waals surface area (Å²) in [5.74, 6) is 1.71. The van der Waals surface area contributed by atoms with Crippen molar-refractivity contribution in [2.75, 3.05) is 7.11 Å². The third-order valence-corrected chi connectivity index (χ3v) is 2.59. The fraction of sp³-hybridized carbons (Fsp3) is 0.200. The van der Waals surface area contributed by atoms with Crippen LogP contribution in [0, 0.1) is 6.92 Å². The molecule has 0 saturated carbocycles. The Bertz CT molecular complexity index is 478. The molecule has 0 heterocycles. The largest absolute Gasteiger partial charge is 0.457 e. The van der Waals surface area contributed by atoms with Crippen LogP contribution in [0.5, 0.6) is 11.5 Å². The van der Waals surface area contributed by atoms with Crippen molar-refractivity contribution >= 4 is 0 Å². The van der Waals surface area contributed by atoms with Crippen molar-refractivity contribution in [3.8, 4) is 11.5 Å². The van der Waals surface area contributed by atoms with E-state index in [-0.39, 0.29) is 0 Å². The highest BCUT2D eigenvalue weighted by atomic mass is 16.5. The quantitative estimate of drug-likeness (QED) is 0.789. The number of aryl methyl sites for hydroxylation is 1. The second-order valence-corrected chi connectivity index (χ2v) is 3.94. The second-order valence-electron chi connectivity index (χ2n) is 3.94. The molecular formula is C15H16O2. The van der Waals surface area contributed by atoms with E-state index in [1.165, 1.54) is 11.1 Å². The van der Waals surface area contributed by atoms with Gasteiger partial charge in [0.2, 0.25) is 0 Å². The fourth-order valence-corrected chi connectivity index (χ4v) is 1.67. The number of hydrogen-bond acceptors (Lipinski definition) is 2. The monoisotopic (exact) mass is 228 g/mol. The second kappa shape index (κ2) is 5.51. The molecule has 0 aliphatic carbocycles. The molecule has 0 aliphatic rings. The number of benzene rings is 2. The molecule has 88 valence electrons. The van der Waals surface area contributed by atoms with E-state index in [0.717, 1.165) is 11.5 Å². The molecule has 0 radical (unpaired) electrons. The predicted molar refractivity (Wildman–Crippen MR) is 68.4 cm³/mol. The number of para-hydroxylation sites is 1. The van der Waals surface area contributed by atoms with Crippen LogP contribution in [-0.2, 0) is 11.3 Å². The first-order valence-corrected chi connectivity index (χ1v) is 5.61. The maximum Gasteiger partial charge on any atom is 0.127 e. The van der Waals surface area contributed by atoms with E-state index in [2.05, 4.69) is 6.92 Å². The molecule has 0 bridgehead atoms. The van der Waals surface area contributed by atoms with Gasteiger partial charge in [0.05, 0.1) is 6.61 Å². The van der Waals surface area contributed by atoms with Crippen LogP contribution in [0.15, 0.2) is 48.5 Å². The molecule has 17 heavy (non-hydrogen) atoms. The lowest BCUT2D eigenvalue weighted by molar-refractivity contribution is 0.184. The van der Waals surface area contributed by atoms with Crippen molar-refractivity contribution < 1.29 is 9.47 Å². The minimum absolute atomic E-state index is 0.636. The van der Waals surface area contributed by atoms with Gasteiger partial charge < -0.3 is 9.47 Å². The van der Waals surface area contributed by atoms with Crippen LogP contribution in [0.1, 0.15) is 11.1 Å². The number of rotatable bonds is 4. The Morgan fingerprint density at radius 2 is 1.71 bits per heavy atom. The molecule has 0 N–H and O–H groups in total. The average Bonchev–Trinajstić information content (AvgIpc) is 2.34. The summed E-state index contributed by atoms with van der Waals surface area (Å²) in [4.78, 5) is 0. The lowest BCUT2D eigenvalue weighted by Crippen LogP contribution is -1.92. The minimum atomic E-state index is 0.636. The summed E-state index contributed by atoms with van der Waals surface area (Å²) in [7, 11) is 1.70. The van der Waals surface area contributed by atoms with Crippen molar-refractivity contribution in [2.24, 2.45) is 0 Å². The van der Waals surface area contributed by atoms with Crippen LogP contribution in [0.3, 0.4) is 0 Å². The topological polar surface area (TPSA) is 18.5 Å². The Labute approximate surface area is 102 Å². The molecule has 0 amide bonds. The first-order chi connectivity index (χ1) is 8.29. The molecule has 2 rings (SSSR count). The summed E-state index contributed by atoms with van der Waals surface area (Å²) in [6, 6.07) is 15.8. The molecule has 0 fully saturated rings. The van der Waals surface area contributed by atoms with Crippen LogP contribution < -0.4 is 4.74 Å². The van der Waals surface area contributed by atoms with Crippen molar-refractivity contribution in [2.45, 2.75) is 13.5 Å². The Morgan fingerprint density at radius 1 is 0.941 bits per heavy atom. The lowest BCUT2D eigenvalue weighted by atomic mass is 10.1. The van der Waals surface area contributed by atoms with Crippen LogP contribution in [-0.4, -0.2) is 7.11 Å². The zero-order chi connectivity index (χ0) is 12.1. The number of hydrogen-bond donors (Lipinski definition) is 0. The van der Waals surface area contributed by atoms with Gasteiger partial charge in [-0.1, -0.05) is 24.3 Å². The molecule has 0 spiro atoms. The van der Waals surface area contributed by atoms with Gasteiger partial charge >= 0.3 is 0 Å². The molecule has 2 heteroatoms. The van der Waals surface area contributed by atoms with Gasteiger partial charge in [-0.15, -0.1) is 0 Å². The number of methoxy groups -OCH3 is 1. The Morgan fingerprint density at radius 3 is 2.35 bits per heavy atom. The highest BCUT2D eigenvalue weighted by molar-refractivity contribution is 5.37. The first kappa shape index (κ1) is 11.7. The van der Waals surface area contributed by atoms with E-state index in [0.29, 0.717) is 6.61 Å². The Kier molecular flexibility index (Phi) is 3.78. The van der Waals surface area contributed by atoms with Gasteiger partial charge in [0.1, 0.15) is 11.5 Å². The fourth-order valence-electron chi connectivity index (χ4n) is 1.67. The molecule has 2 aromatic rings. The van der Waals surface area contributed by atoms with Gasteiger partial charge in [-0.05, 0) is 42.3 Å². The third kappa shape index (κ3) is 3.08. The SMILES string of the molecule is COCc1ccc(Oc2ccccc2)cc1C. The molecule has 2 aromatic carbocycles. The van der Waals surface area contributed by atoms with Crippen LogP contribution in [0.25, 0.3) is 0 Å². The maximum absolute atomic E-state index is 5.75. The molecule has 0 saturated heterocycles. The van der Waals surface area contributed by atoms with Gasteiger partial charge in [-0.25, -0.2) is 0 Å². The van der Waals surface area contributed by atoms with Crippen molar-refractivity contribution in [3.63, 3.8) is 0 Å². The number of ether oxygens (including phenoxy) is 2. The van der Waals surface area contributed by atoms with E-state index in [9.17, 15) is 0 Å². The highest BCUT2D eigenvalue weighted by Crippen LogP contribution is 2.23. The summed E-state index contributed by atoms with van der Waals surface area (Å²) in [6.07, 6.45) is 0. The molecule has 0 aliphatic heterocycles. The summed E-state index contributed by atoms with van der Waals surface area (Å²) >= 11 is 0. The molecule has 2 nitrogen and oxygen atoms in total. The third-order valence-electron chi connectivity index (χ3n) is 2.59. The van der Waals surface area contributed by atoms with Gasteiger partial charge in [0.25, 0.3) is 0 Å². The van der Waals surface area contributed by atoms with E-state index < -0.39 is 0 Å². The maximum atomic E-state index is 5.75. The van der Waals surface area contributed by atoms with Gasteiger partial charge in [-0.3, -0.25) is 0 Å². The molecule has 0 atom stereocenters. The predicted octanol–water partition coefficient (Wildman–Crippen LogP) is 3.93. The average molecular weight is 228 g/mol. The molecule has 0 unspecified atom stereocenters. The lowest BCUT2D eigenvalue weighted by Gasteiger charge is -2.09. The summed E-state index contributed by atoms with van der Waals surface area (Å²) in [5.41, 5.74) is 2.37. The normalized spacial score (nSPS) is 10.2. The van der Waals surface area contributed by atoms with Crippen LogP contribution >= 0.6 is 0 Å². The van der Waals surface area contributed by atoms with E-state index in [1.54, 1.807) is 7.11 Å². The minimum Gasteiger partial charge on any atom is -0.457 e. The molecular weight excluding hydrogens is 212 g/mol. The first-order valence-electron chi connectivity index (χ1n) is 5.61. The highest BCUT2D eigenvalue weighted by Gasteiger charge is 2.01. The zero-order valence-electron chi connectivity index (χ0n) is 10.1. The van der Waals surface area contributed by atoms with E-state index >= 15 is 0 Å². The summed E-state index contributed by atoms with van der Waals surface area (Å²) in [6.45, 7) is 2.70. The van der Waals surface area contributed by atoms with Gasteiger partial charge in [0, 0.05) is 7.11 Å². The van der Waals surface area contributed by atoms with Crippen molar-refractivity contribution in [3.05, 3.63) is 59.7 Å². The Hall–Kier alpha value is -1.80. The summed E-state index contributed by atoms with van der Waals surface area (Å²) < 4.78 is 10.9. The zero-order valence-corrected chi connectivity index (χ0v) is 10.1. The van der Waals surface area contributed by atoms with Crippen molar-refractivity contribution in [1.82, 2.24) is 0 Å². The van der Waals surface area contributed by atoms with Gasteiger partial charge in [-0.2, -0.15) is 0 Å². The molecule has 0 aromatic heterocycles. The summed E-state index contributed by atoms with van der Waals surface area (Å²) in [5, 5.41) is 0. The van der Waals surface area contributed by atoms with Crippen molar-refractivity contribution in [1.29, 1.82) is 0 Å². The van der Waals surface area contributed by atoms with E-state index in [4.69, 9.17) is 9.47 Å². The van der Waals surface area contributed by atoms with Crippen LogP contribution in [0.2, 0.25) is 0 Å². The standard InChI is InChI=1S/C15H16O2/c1-12-10-15(9-8-13(12)11-16-2)17-14-6-4-3-5-7-14/h3-10H,11H2,1-2H3. The Balaban J connectivity index is 2.15. The van der Waals surface area contributed by atoms with Crippen LogP contribution in [0.4, 0.5) is 0 Å². The smallest absolute Gasteiger partial charge is 0.127 e. The van der Waals surface area contributed by atoms with Gasteiger partial charge in [0.15, 0.2) is 0 Å². The van der Waals surface area contributed by atoms with E-state index in [1.807, 2.05) is 48.5 Å².